The zero-order valence-corrected chi connectivity index (χ0v) is 9.83. The fourth-order valence-corrected chi connectivity index (χ4v) is 1.65. The normalized spacial score (nSPS) is 14.4. The van der Waals surface area contributed by atoms with Gasteiger partial charge in [-0.1, -0.05) is 20.8 Å². The molecule has 1 N–H and O–H groups in total. The smallest absolute Gasteiger partial charge is 0.0522 e. The van der Waals surface area contributed by atoms with Crippen molar-refractivity contribution < 1.29 is 0 Å². The van der Waals surface area contributed by atoms with Crippen LogP contribution in [0.4, 0.5) is 0 Å². The molecule has 0 aromatic carbocycles. The zero-order chi connectivity index (χ0) is 10.8. The highest BCUT2D eigenvalue weighted by Crippen LogP contribution is 2.21. The van der Waals surface area contributed by atoms with Gasteiger partial charge >= 0.3 is 0 Å². The van der Waals surface area contributed by atoms with Crippen molar-refractivity contribution in [1.29, 1.82) is 0 Å². The Morgan fingerprint density at radius 1 is 1.50 bits per heavy atom. The van der Waals surface area contributed by atoms with Gasteiger partial charge in [0.05, 0.1) is 6.20 Å². The standard InChI is InChI=1S/C11H21N3/c1-11(2,3)10(12-4)6-9-7-13-14(5)8-9/h7-8,10,12H,6H2,1-5H3. The first-order valence-corrected chi connectivity index (χ1v) is 5.08. The predicted octanol–water partition coefficient (Wildman–Crippen LogP) is 1.60. The maximum Gasteiger partial charge on any atom is 0.0522 e. The van der Waals surface area contributed by atoms with Crippen LogP contribution >= 0.6 is 0 Å². The minimum Gasteiger partial charge on any atom is -0.316 e. The predicted molar refractivity (Wildman–Crippen MR) is 59.2 cm³/mol. The van der Waals surface area contributed by atoms with Crippen molar-refractivity contribution in [3.63, 3.8) is 0 Å². The van der Waals surface area contributed by atoms with Crippen molar-refractivity contribution in [2.45, 2.75) is 33.2 Å². The highest BCUT2D eigenvalue weighted by atomic mass is 15.2. The first-order valence-electron chi connectivity index (χ1n) is 5.08. The first kappa shape index (κ1) is 11.2. The molecule has 3 heteroatoms. The lowest BCUT2D eigenvalue weighted by molar-refractivity contribution is 0.280. The molecule has 1 rings (SSSR count). The van der Waals surface area contributed by atoms with Crippen molar-refractivity contribution in [2.24, 2.45) is 12.5 Å². The SMILES string of the molecule is CNC(Cc1cnn(C)c1)C(C)(C)C. The molecule has 14 heavy (non-hydrogen) atoms. The highest BCUT2D eigenvalue weighted by Gasteiger charge is 2.23. The monoisotopic (exact) mass is 195 g/mol. The summed E-state index contributed by atoms with van der Waals surface area (Å²) in [6.45, 7) is 6.76. The molecule has 80 valence electrons. The first-order chi connectivity index (χ1) is 6.43. The van der Waals surface area contributed by atoms with E-state index in [1.807, 2.05) is 25.0 Å². The molecular weight excluding hydrogens is 174 g/mol. The molecule has 0 aliphatic carbocycles. The van der Waals surface area contributed by atoms with Crippen molar-refractivity contribution >= 4 is 0 Å². The van der Waals surface area contributed by atoms with Gasteiger partial charge in [-0.15, -0.1) is 0 Å². The molecule has 1 aromatic rings. The number of aromatic nitrogens is 2. The van der Waals surface area contributed by atoms with Crippen LogP contribution in [0.2, 0.25) is 0 Å². The average Bonchev–Trinajstić information content (AvgIpc) is 2.45. The summed E-state index contributed by atoms with van der Waals surface area (Å²) in [6.07, 6.45) is 5.06. The summed E-state index contributed by atoms with van der Waals surface area (Å²) in [5.41, 5.74) is 1.58. The number of aryl methyl sites for hydroxylation is 1. The van der Waals surface area contributed by atoms with Crippen LogP contribution in [-0.4, -0.2) is 22.9 Å². The Labute approximate surface area is 86.5 Å². The Morgan fingerprint density at radius 2 is 2.14 bits per heavy atom. The summed E-state index contributed by atoms with van der Waals surface area (Å²) in [7, 11) is 3.97. The van der Waals surface area contributed by atoms with Crippen molar-refractivity contribution in [3.8, 4) is 0 Å². The molecule has 1 atom stereocenters. The summed E-state index contributed by atoms with van der Waals surface area (Å²) >= 11 is 0. The van der Waals surface area contributed by atoms with E-state index >= 15 is 0 Å². The van der Waals surface area contributed by atoms with E-state index in [0.717, 1.165) is 6.42 Å². The van der Waals surface area contributed by atoms with Crippen molar-refractivity contribution in [3.05, 3.63) is 18.0 Å². The van der Waals surface area contributed by atoms with Gasteiger partial charge in [0, 0.05) is 19.3 Å². The second-order valence-corrected chi connectivity index (χ2v) is 4.93. The summed E-state index contributed by atoms with van der Waals surface area (Å²) in [5.74, 6) is 0. The molecule has 0 amide bonds. The van der Waals surface area contributed by atoms with Crippen LogP contribution in [0.25, 0.3) is 0 Å². The van der Waals surface area contributed by atoms with Crippen LogP contribution in [-0.2, 0) is 13.5 Å². The Bertz CT molecular complexity index is 283. The van der Waals surface area contributed by atoms with Crippen LogP contribution in [0.5, 0.6) is 0 Å². The van der Waals surface area contributed by atoms with Gasteiger partial charge in [0.25, 0.3) is 0 Å². The second-order valence-electron chi connectivity index (χ2n) is 4.93. The quantitative estimate of drug-likeness (QED) is 0.794. The number of nitrogens with one attached hydrogen (secondary N) is 1. The van der Waals surface area contributed by atoms with Crippen molar-refractivity contribution in [1.82, 2.24) is 15.1 Å². The third kappa shape index (κ3) is 2.84. The molecule has 1 unspecified atom stereocenters. The Hall–Kier alpha value is -0.830. The van der Waals surface area contributed by atoms with Crippen molar-refractivity contribution in [2.75, 3.05) is 7.05 Å². The number of rotatable bonds is 3. The molecule has 0 fully saturated rings. The topological polar surface area (TPSA) is 29.9 Å². The van der Waals surface area contributed by atoms with E-state index in [2.05, 4.69) is 37.4 Å². The van der Waals surface area contributed by atoms with Gasteiger partial charge in [-0.05, 0) is 24.4 Å². The third-order valence-corrected chi connectivity index (χ3v) is 2.59. The van der Waals surface area contributed by atoms with Crippen LogP contribution in [0.1, 0.15) is 26.3 Å². The third-order valence-electron chi connectivity index (χ3n) is 2.59. The van der Waals surface area contributed by atoms with E-state index in [1.165, 1.54) is 5.56 Å². The van der Waals surface area contributed by atoms with E-state index < -0.39 is 0 Å². The minimum absolute atomic E-state index is 0.282. The maximum atomic E-state index is 4.17. The molecule has 3 nitrogen and oxygen atoms in total. The molecule has 1 aromatic heterocycles. The van der Waals surface area contributed by atoms with Crippen LogP contribution < -0.4 is 5.32 Å². The molecule has 0 saturated carbocycles. The molecule has 0 spiro atoms. The summed E-state index contributed by atoms with van der Waals surface area (Å²) in [6, 6.07) is 0.492. The summed E-state index contributed by atoms with van der Waals surface area (Å²) < 4.78 is 1.85. The molecule has 0 bridgehead atoms. The summed E-state index contributed by atoms with van der Waals surface area (Å²) in [4.78, 5) is 0. The van der Waals surface area contributed by atoms with E-state index in [0.29, 0.717) is 6.04 Å². The van der Waals surface area contributed by atoms with Gasteiger partial charge in [0.2, 0.25) is 0 Å². The van der Waals surface area contributed by atoms with E-state index in [-0.39, 0.29) is 5.41 Å². The van der Waals surface area contributed by atoms with Gasteiger partial charge in [0.1, 0.15) is 0 Å². The fraction of sp³-hybridized carbons (Fsp3) is 0.727. The number of hydrogen-bond donors (Lipinski definition) is 1. The van der Waals surface area contributed by atoms with Gasteiger partial charge in [-0.3, -0.25) is 4.68 Å². The largest absolute Gasteiger partial charge is 0.316 e. The number of likely N-dealkylation sites (N-methyl/N-ethyl adjacent to an activating group) is 1. The molecular formula is C11H21N3. The zero-order valence-electron chi connectivity index (χ0n) is 9.83. The number of hydrogen-bond acceptors (Lipinski definition) is 2. The molecule has 0 radical (unpaired) electrons. The second kappa shape index (κ2) is 4.13. The molecule has 0 aliphatic heterocycles. The van der Waals surface area contributed by atoms with Crippen LogP contribution in [0, 0.1) is 5.41 Å². The van der Waals surface area contributed by atoms with Gasteiger partial charge in [0.15, 0.2) is 0 Å². The van der Waals surface area contributed by atoms with Crippen LogP contribution in [0.15, 0.2) is 12.4 Å². The molecule has 1 heterocycles. The molecule has 0 saturated heterocycles. The van der Waals surface area contributed by atoms with E-state index in [9.17, 15) is 0 Å². The maximum absolute atomic E-state index is 4.17. The highest BCUT2D eigenvalue weighted by molar-refractivity contribution is 5.07. The average molecular weight is 195 g/mol. The minimum atomic E-state index is 0.282. The Kier molecular flexibility index (Phi) is 3.32. The Balaban J connectivity index is 2.66. The number of nitrogens with zero attached hydrogens (tertiary/aromatic N) is 2. The fourth-order valence-electron chi connectivity index (χ4n) is 1.65. The van der Waals surface area contributed by atoms with Gasteiger partial charge in [-0.2, -0.15) is 5.10 Å². The molecule has 0 aliphatic rings. The lowest BCUT2D eigenvalue weighted by Gasteiger charge is -2.30. The van der Waals surface area contributed by atoms with E-state index in [4.69, 9.17) is 0 Å². The van der Waals surface area contributed by atoms with Gasteiger partial charge in [-0.25, -0.2) is 0 Å². The lowest BCUT2D eigenvalue weighted by Crippen LogP contribution is -2.39. The Morgan fingerprint density at radius 3 is 2.50 bits per heavy atom. The van der Waals surface area contributed by atoms with Crippen LogP contribution in [0.3, 0.4) is 0 Å². The van der Waals surface area contributed by atoms with Gasteiger partial charge < -0.3 is 5.32 Å². The van der Waals surface area contributed by atoms with E-state index in [1.54, 1.807) is 0 Å². The lowest BCUT2D eigenvalue weighted by atomic mass is 9.83. The summed E-state index contributed by atoms with van der Waals surface area (Å²) in [5, 5.41) is 7.54.